The number of nitrogens with zero attached hydrogens (tertiary/aromatic N) is 4. The van der Waals surface area contributed by atoms with E-state index in [1.54, 1.807) is 37.9 Å². The molecule has 13 atom stereocenters. The number of para-hydroxylation sites is 1. The molecular formula is C44H61FN4O9. The minimum atomic E-state index is -3.23. The van der Waals surface area contributed by atoms with Crippen LogP contribution in [0.2, 0.25) is 0 Å². The monoisotopic (exact) mass is 808 g/mol. The number of alkyl halides is 1. The highest BCUT2D eigenvalue weighted by Crippen LogP contribution is 2.45. The molecule has 1 aromatic heterocycles. The van der Waals surface area contributed by atoms with E-state index in [0.29, 0.717) is 18.5 Å². The minimum Gasteiger partial charge on any atom is -0.455 e. The van der Waals surface area contributed by atoms with Gasteiger partial charge in [-0.25, -0.2) is 14.0 Å². The smallest absolute Gasteiger partial charge is 0.410 e. The average Bonchev–Trinajstić information content (AvgIpc) is 3.31. The fourth-order valence-electron chi connectivity index (χ4n) is 9.95. The lowest BCUT2D eigenvalue weighted by Gasteiger charge is -2.47. The third-order valence-corrected chi connectivity index (χ3v) is 13.0. The SMILES string of the molecule is CC[C@@H]1OC(=O)C(F)(C/C=C/c2cnc3ccccc3c2)C(=O)[C@H](C)[C@@H](O[C@@H]2O[C@H](C)C[C@H](N(C)C)[C@H]2O)[C@@](C)(OC)C[C@@H](C)C2=NCCN3C(=O)O[C@@]1(C)[C@H]3[C@@H]2C. The van der Waals surface area contributed by atoms with Crippen molar-refractivity contribution in [1.82, 2.24) is 14.8 Å². The van der Waals surface area contributed by atoms with Crippen molar-refractivity contribution < 1.29 is 47.6 Å². The van der Waals surface area contributed by atoms with E-state index in [2.05, 4.69) is 4.98 Å². The lowest BCUT2D eigenvalue weighted by Crippen LogP contribution is -2.62. The number of fused-ring (bicyclic) bond motifs is 2. The average molecular weight is 809 g/mol. The molecule has 1 amide bonds. The number of methoxy groups -OCH3 is 1. The molecule has 0 saturated carbocycles. The molecular weight excluding hydrogens is 748 g/mol. The molecule has 1 unspecified atom stereocenters. The molecule has 2 aromatic rings. The number of aliphatic hydroxyl groups excluding tert-OH is 1. The molecule has 13 nitrogen and oxygen atoms in total. The third-order valence-electron chi connectivity index (χ3n) is 13.0. The lowest BCUT2D eigenvalue weighted by atomic mass is 9.72. The molecule has 5 heterocycles. The van der Waals surface area contributed by atoms with Crippen LogP contribution >= 0.6 is 0 Å². The number of carbonyl (C=O) groups is 3. The number of halogens is 1. The number of cyclic esters (lactones) is 1. The number of ketones is 1. The summed E-state index contributed by atoms with van der Waals surface area (Å²) in [7, 11) is 5.21. The molecule has 0 spiro atoms. The van der Waals surface area contributed by atoms with Crippen molar-refractivity contribution in [2.24, 2.45) is 22.7 Å². The van der Waals surface area contributed by atoms with E-state index < -0.39 is 77.7 Å². The zero-order valence-corrected chi connectivity index (χ0v) is 35.5. The van der Waals surface area contributed by atoms with Gasteiger partial charge in [0.1, 0.15) is 12.2 Å². The molecule has 14 heteroatoms. The summed E-state index contributed by atoms with van der Waals surface area (Å²) < 4.78 is 49.5. The summed E-state index contributed by atoms with van der Waals surface area (Å²) in [4.78, 5) is 56.1. The van der Waals surface area contributed by atoms with Crippen LogP contribution in [0.1, 0.15) is 79.7 Å². The molecule has 318 valence electrons. The number of ether oxygens (including phenoxy) is 5. The van der Waals surface area contributed by atoms with Crippen LogP contribution in [-0.4, -0.2) is 137 Å². The predicted molar refractivity (Wildman–Crippen MR) is 217 cm³/mol. The molecule has 0 radical (unpaired) electrons. The van der Waals surface area contributed by atoms with Crippen LogP contribution in [0, 0.1) is 17.8 Å². The second-order valence-electron chi connectivity index (χ2n) is 17.4. The summed E-state index contributed by atoms with van der Waals surface area (Å²) in [5.74, 6) is -4.49. The summed E-state index contributed by atoms with van der Waals surface area (Å²) in [6.07, 6.45) is -0.620. The summed E-state index contributed by atoms with van der Waals surface area (Å²) >= 11 is 0. The summed E-state index contributed by atoms with van der Waals surface area (Å²) in [6, 6.07) is 8.48. The summed E-state index contributed by atoms with van der Waals surface area (Å²) in [5, 5.41) is 12.5. The Labute approximate surface area is 341 Å². The van der Waals surface area contributed by atoms with Crippen LogP contribution in [-0.2, 0) is 33.3 Å². The standard InChI is InChI=1S/C44H61FN4O9/c1-11-33-43(7)36-27(4)34(46-19-20-49(36)41(53)58-43)25(2)23-42(6,54-10)38(57-39-35(50)32(48(8)9)21-26(3)55-39)28(5)37(51)44(45,40(52)56-33)18-14-15-29-22-30-16-12-13-17-31(30)47-24-29/h12-17,22,24-28,32-33,35-36,38-39,50H,11,18-21,23H2,1-10H3/b15-14+/t25-,26-,27-,28+,32+,33+,35-,36-,38-,39+,42+,43-,44?/m1/s1. The van der Waals surface area contributed by atoms with Gasteiger partial charge in [0.2, 0.25) is 0 Å². The molecule has 4 aliphatic rings. The Morgan fingerprint density at radius 2 is 1.83 bits per heavy atom. The molecule has 6 rings (SSSR count). The highest BCUT2D eigenvalue weighted by molar-refractivity contribution is 6.08. The van der Waals surface area contributed by atoms with Gasteiger partial charge in [0.05, 0.1) is 35.9 Å². The number of aliphatic imine (C=N–C) groups is 1. The van der Waals surface area contributed by atoms with Crippen molar-refractivity contribution in [2.75, 3.05) is 34.3 Å². The normalized spacial score (nSPS) is 39.0. The number of esters is 1. The number of aliphatic hydroxyl groups is 1. The Morgan fingerprint density at radius 3 is 2.52 bits per heavy atom. The van der Waals surface area contributed by atoms with E-state index in [1.165, 1.54) is 20.1 Å². The number of pyridine rings is 1. The molecule has 3 fully saturated rings. The Hall–Kier alpha value is -3.82. The zero-order chi connectivity index (χ0) is 42.3. The van der Waals surface area contributed by atoms with E-state index >= 15 is 9.18 Å². The number of hydrogen-bond acceptors (Lipinski definition) is 12. The molecule has 3 saturated heterocycles. The molecule has 0 aliphatic carbocycles. The van der Waals surface area contributed by atoms with Crippen LogP contribution in [0.25, 0.3) is 17.0 Å². The van der Waals surface area contributed by atoms with E-state index in [4.69, 9.17) is 28.7 Å². The van der Waals surface area contributed by atoms with Gasteiger partial charge in [-0.1, -0.05) is 58.0 Å². The first-order chi connectivity index (χ1) is 27.4. The number of allylic oxidation sites excluding steroid dienone is 1. The van der Waals surface area contributed by atoms with Crippen LogP contribution in [0.3, 0.4) is 0 Å². The van der Waals surface area contributed by atoms with Gasteiger partial charge >= 0.3 is 12.1 Å². The van der Waals surface area contributed by atoms with Gasteiger partial charge in [-0.15, -0.1) is 0 Å². The molecule has 1 N–H and O–H groups in total. The Bertz CT molecular complexity index is 1910. The van der Waals surface area contributed by atoms with Crippen molar-refractivity contribution in [1.29, 1.82) is 0 Å². The fraction of sp³-hybridized carbons (Fsp3) is 0.659. The van der Waals surface area contributed by atoms with E-state index in [9.17, 15) is 14.7 Å². The van der Waals surface area contributed by atoms with Gasteiger partial charge in [-0.2, -0.15) is 0 Å². The van der Waals surface area contributed by atoms with Crippen molar-refractivity contribution in [2.45, 2.75) is 134 Å². The lowest BCUT2D eigenvalue weighted by molar-refractivity contribution is -0.295. The van der Waals surface area contributed by atoms with Gasteiger partial charge in [0.15, 0.2) is 17.7 Å². The molecule has 1 aromatic carbocycles. The van der Waals surface area contributed by atoms with Gasteiger partial charge in [-0.3, -0.25) is 19.7 Å². The van der Waals surface area contributed by atoms with Gasteiger partial charge in [-0.05, 0) is 77.7 Å². The first kappa shape index (κ1) is 43.8. The number of carbonyl (C=O) groups excluding carboxylic acids is 3. The van der Waals surface area contributed by atoms with E-state index in [0.717, 1.165) is 16.6 Å². The van der Waals surface area contributed by atoms with E-state index in [-0.39, 0.29) is 43.4 Å². The first-order valence-corrected chi connectivity index (χ1v) is 20.6. The minimum absolute atomic E-state index is 0.169. The number of rotatable bonds is 8. The quantitative estimate of drug-likeness (QED) is 0.255. The molecule has 2 bridgehead atoms. The number of Topliss-reactive ketones (excluding diaryl/α,β-unsaturated/α-hetero) is 1. The number of amides is 1. The third kappa shape index (κ3) is 8.07. The van der Waals surface area contributed by atoms with Crippen molar-refractivity contribution in [3.8, 4) is 0 Å². The Kier molecular flexibility index (Phi) is 12.9. The van der Waals surface area contributed by atoms with E-state index in [1.807, 2.05) is 70.1 Å². The Morgan fingerprint density at radius 1 is 1.10 bits per heavy atom. The highest BCUT2D eigenvalue weighted by Gasteiger charge is 2.62. The maximum atomic E-state index is 18.2. The second kappa shape index (κ2) is 17.0. The molecule has 58 heavy (non-hydrogen) atoms. The fourth-order valence-corrected chi connectivity index (χ4v) is 9.95. The van der Waals surface area contributed by atoms with Crippen LogP contribution in [0.4, 0.5) is 9.18 Å². The first-order valence-electron chi connectivity index (χ1n) is 20.6. The van der Waals surface area contributed by atoms with Crippen molar-refractivity contribution in [3.05, 3.63) is 48.2 Å². The zero-order valence-electron chi connectivity index (χ0n) is 35.5. The van der Waals surface area contributed by atoms with Crippen LogP contribution in [0.15, 0.2) is 47.6 Å². The van der Waals surface area contributed by atoms with Gasteiger partial charge in [0.25, 0.3) is 5.67 Å². The van der Waals surface area contributed by atoms with Crippen molar-refractivity contribution >= 4 is 40.5 Å². The largest absolute Gasteiger partial charge is 0.455 e. The Balaban J connectivity index is 1.47. The van der Waals surface area contributed by atoms with Crippen LogP contribution < -0.4 is 0 Å². The number of aromatic nitrogens is 1. The number of hydrogen-bond donors (Lipinski definition) is 1. The maximum absolute atomic E-state index is 18.2. The second-order valence-corrected chi connectivity index (χ2v) is 17.4. The summed E-state index contributed by atoms with van der Waals surface area (Å²) in [5.41, 5.74) is -3.72. The molecule has 4 aliphatic heterocycles. The van der Waals surface area contributed by atoms with Gasteiger partial charge < -0.3 is 33.7 Å². The van der Waals surface area contributed by atoms with Crippen LogP contribution in [0.5, 0.6) is 0 Å². The topological polar surface area (TPSA) is 149 Å². The number of benzene rings is 1. The highest BCUT2D eigenvalue weighted by atomic mass is 19.1. The summed E-state index contributed by atoms with van der Waals surface area (Å²) in [6.45, 7) is 13.2. The van der Waals surface area contributed by atoms with Gasteiger partial charge in [0, 0.05) is 55.2 Å². The maximum Gasteiger partial charge on any atom is 0.410 e. The number of likely N-dealkylation sites (N-methyl/N-ethyl adjacent to an activating group) is 1. The van der Waals surface area contributed by atoms with Crippen molar-refractivity contribution in [3.63, 3.8) is 0 Å². The predicted octanol–water partition coefficient (Wildman–Crippen LogP) is 5.80.